The van der Waals surface area contributed by atoms with E-state index in [2.05, 4.69) is 43.5 Å². The van der Waals surface area contributed by atoms with E-state index in [0.717, 1.165) is 44.9 Å². The molecule has 77 heavy (non-hydrogen) atoms. The Hall–Kier alpha value is -1.41. The average Bonchev–Trinajstić information content (AvgIpc) is 3.43. The lowest BCUT2D eigenvalue weighted by Crippen LogP contribution is -2.60. The van der Waals surface area contributed by atoms with Gasteiger partial charge in [-0.3, -0.25) is 4.79 Å². The number of allylic oxidation sites excluding steroid dienone is 4. The molecule has 0 aromatic rings. The number of ether oxygens (including phenoxy) is 2. The number of carbonyl (C=O) groups is 1. The number of nitrogens with one attached hydrogen (secondary N) is 1. The highest BCUT2D eigenvalue weighted by Crippen LogP contribution is 2.24. The van der Waals surface area contributed by atoms with Crippen LogP contribution >= 0.6 is 0 Å². The third kappa shape index (κ3) is 43.0. The summed E-state index contributed by atoms with van der Waals surface area (Å²) in [6.45, 7) is 3.50. The van der Waals surface area contributed by atoms with Gasteiger partial charge >= 0.3 is 0 Å². The maximum absolute atomic E-state index is 13.2. The van der Waals surface area contributed by atoms with Gasteiger partial charge in [-0.1, -0.05) is 301 Å². The monoisotopic (exact) mass is 1090 g/mol. The molecule has 0 saturated carbocycles. The second-order valence-electron chi connectivity index (χ2n) is 23.5. The van der Waals surface area contributed by atoms with Crippen molar-refractivity contribution in [2.24, 2.45) is 0 Å². The van der Waals surface area contributed by atoms with Gasteiger partial charge in [-0.05, 0) is 44.9 Å². The fourth-order valence-corrected chi connectivity index (χ4v) is 10.9. The first kappa shape index (κ1) is 73.6. The minimum atomic E-state index is -1.66. The number of hydrogen-bond donors (Lipinski definition) is 8. The maximum atomic E-state index is 13.2. The molecule has 0 radical (unpaired) electrons. The van der Waals surface area contributed by atoms with E-state index < -0.39 is 74.2 Å². The Morgan fingerprint density at radius 3 is 1.16 bits per heavy atom. The van der Waals surface area contributed by atoms with Crippen LogP contribution in [0.15, 0.2) is 24.3 Å². The smallest absolute Gasteiger partial charge is 0.249 e. The third-order valence-corrected chi connectivity index (χ3v) is 16.3. The summed E-state index contributed by atoms with van der Waals surface area (Å²) >= 11 is 0. The standard InChI is InChI=1S/C66H127NO10/c1-3-5-7-9-11-13-15-17-19-21-22-23-24-25-26-27-28-29-30-31-32-33-34-35-36-37-38-40-42-44-46-48-50-52-54-59(70)65(75)67-57(56-76-66-64(74)63(73)62(72)60(55-68)77-66)61(71)58(69)53-51-49-47-45-43-41-39-20-18-16-14-12-10-8-6-4-2/h24-25,27-28,57-64,66,68-74H,3-23,26,29-56H2,1-2H3,(H,67,75)/b25-24-,28-27-. The van der Waals surface area contributed by atoms with Gasteiger partial charge in [0.1, 0.15) is 36.6 Å². The van der Waals surface area contributed by atoms with Crippen molar-refractivity contribution in [3.63, 3.8) is 0 Å². The topological polar surface area (TPSA) is 189 Å². The number of rotatable bonds is 58. The zero-order valence-corrected chi connectivity index (χ0v) is 50.2. The van der Waals surface area contributed by atoms with Crippen molar-refractivity contribution in [2.45, 2.75) is 377 Å². The van der Waals surface area contributed by atoms with E-state index in [1.54, 1.807) is 0 Å². The molecule has 456 valence electrons. The summed E-state index contributed by atoms with van der Waals surface area (Å²) in [5.41, 5.74) is 0. The minimum absolute atomic E-state index is 0.263. The molecule has 1 fully saturated rings. The Bertz CT molecular complexity index is 1300. The van der Waals surface area contributed by atoms with Crippen LogP contribution in [0.4, 0.5) is 0 Å². The molecule has 9 unspecified atom stereocenters. The van der Waals surface area contributed by atoms with Gasteiger partial charge in [-0.15, -0.1) is 0 Å². The average molecular weight is 1090 g/mol. The van der Waals surface area contributed by atoms with Crippen molar-refractivity contribution >= 4 is 5.91 Å². The number of aliphatic hydroxyl groups excluding tert-OH is 7. The molecule has 0 aromatic carbocycles. The van der Waals surface area contributed by atoms with Crippen LogP contribution in [0.1, 0.15) is 322 Å². The zero-order chi connectivity index (χ0) is 56.1. The van der Waals surface area contributed by atoms with Gasteiger partial charge in [-0.2, -0.15) is 0 Å². The molecular weight excluding hydrogens is 967 g/mol. The Labute approximate surface area is 474 Å². The van der Waals surface area contributed by atoms with Crippen LogP contribution in [0, 0.1) is 0 Å². The predicted molar refractivity (Wildman–Crippen MR) is 321 cm³/mol. The first-order chi connectivity index (χ1) is 37.7. The lowest BCUT2D eigenvalue weighted by molar-refractivity contribution is -0.303. The summed E-state index contributed by atoms with van der Waals surface area (Å²) in [4.78, 5) is 13.2. The van der Waals surface area contributed by atoms with E-state index in [-0.39, 0.29) is 6.42 Å². The highest BCUT2D eigenvalue weighted by molar-refractivity contribution is 5.80. The quantitative estimate of drug-likeness (QED) is 0.0215. The minimum Gasteiger partial charge on any atom is -0.394 e. The molecule has 0 bridgehead atoms. The second-order valence-corrected chi connectivity index (χ2v) is 23.5. The Morgan fingerprint density at radius 2 is 0.792 bits per heavy atom. The molecule has 1 heterocycles. The molecular formula is C66H127NO10. The molecule has 0 spiro atoms. The second kappa shape index (κ2) is 55.1. The molecule has 11 heteroatoms. The highest BCUT2D eigenvalue weighted by Gasteiger charge is 2.44. The lowest BCUT2D eigenvalue weighted by Gasteiger charge is -2.40. The molecule has 9 atom stereocenters. The van der Waals surface area contributed by atoms with Crippen molar-refractivity contribution in [1.82, 2.24) is 5.32 Å². The third-order valence-electron chi connectivity index (χ3n) is 16.3. The van der Waals surface area contributed by atoms with Crippen LogP contribution in [-0.2, 0) is 14.3 Å². The molecule has 1 aliphatic rings. The van der Waals surface area contributed by atoms with Gasteiger partial charge in [0.2, 0.25) is 5.91 Å². The van der Waals surface area contributed by atoms with E-state index >= 15 is 0 Å². The fraction of sp³-hybridized carbons (Fsp3) is 0.924. The normalized spacial score (nSPS) is 19.6. The molecule has 0 aromatic heterocycles. The number of hydrogen-bond acceptors (Lipinski definition) is 10. The molecule has 8 N–H and O–H groups in total. The van der Waals surface area contributed by atoms with Crippen molar-refractivity contribution in [2.75, 3.05) is 13.2 Å². The number of unbranched alkanes of at least 4 members (excludes halogenated alkanes) is 42. The lowest BCUT2D eigenvalue weighted by atomic mass is 9.98. The highest BCUT2D eigenvalue weighted by atomic mass is 16.7. The van der Waals surface area contributed by atoms with Gasteiger partial charge in [0.05, 0.1) is 25.4 Å². The molecule has 1 aliphatic heterocycles. The van der Waals surface area contributed by atoms with Crippen LogP contribution in [0.5, 0.6) is 0 Å². The van der Waals surface area contributed by atoms with Crippen molar-refractivity contribution in [3.05, 3.63) is 24.3 Å². The van der Waals surface area contributed by atoms with E-state index in [4.69, 9.17) is 9.47 Å². The first-order valence-corrected chi connectivity index (χ1v) is 33.2. The van der Waals surface area contributed by atoms with Crippen molar-refractivity contribution < 1.29 is 50.0 Å². The maximum Gasteiger partial charge on any atom is 0.249 e. The SMILES string of the molecule is CCCCCCCCCCCCC/C=C\C/C=C\CCCCCCCCCCCCCCCCCCC(O)C(=O)NC(COC1OC(CO)C(O)C(O)C1O)C(O)C(O)CCCCCCCCCCCCCCCCCC. The summed E-state index contributed by atoms with van der Waals surface area (Å²) in [5.74, 6) is -0.692. The number of carbonyl (C=O) groups excluding carboxylic acids is 1. The van der Waals surface area contributed by atoms with Gasteiger partial charge in [0.15, 0.2) is 6.29 Å². The first-order valence-electron chi connectivity index (χ1n) is 33.2. The molecule has 11 nitrogen and oxygen atoms in total. The summed E-state index contributed by atoms with van der Waals surface area (Å²) in [5, 5.41) is 76.3. The van der Waals surface area contributed by atoms with Crippen LogP contribution in [-0.4, -0.2) is 110 Å². The van der Waals surface area contributed by atoms with E-state index in [1.165, 1.54) is 238 Å². The fourth-order valence-electron chi connectivity index (χ4n) is 10.9. The Kier molecular flexibility index (Phi) is 52.7. The van der Waals surface area contributed by atoms with Crippen LogP contribution in [0.3, 0.4) is 0 Å². The Morgan fingerprint density at radius 1 is 0.455 bits per heavy atom. The zero-order valence-electron chi connectivity index (χ0n) is 50.2. The van der Waals surface area contributed by atoms with Gasteiger partial charge in [-0.25, -0.2) is 0 Å². The largest absolute Gasteiger partial charge is 0.394 e. The Balaban J connectivity index is 2.17. The molecule has 0 aliphatic carbocycles. The van der Waals surface area contributed by atoms with E-state index in [9.17, 15) is 40.5 Å². The predicted octanol–water partition coefficient (Wildman–Crippen LogP) is 15.2. The number of amides is 1. The molecule has 1 saturated heterocycles. The van der Waals surface area contributed by atoms with E-state index in [0.29, 0.717) is 19.3 Å². The summed E-state index contributed by atoms with van der Waals surface area (Å²) < 4.78 is 11.2. The van der Waals surface area contributed by atoms with Crippen LogP contribution in [0.25, 0.3) is 0 Å². The molecule has 1 rings (SSSR count). The summed E-state index contributed by atoms with van der Waals surface area (Å²) in [7, 11) is 0. The van der Waals surface area contributed by atoms with Gasteiger partial charge in [0, 0.05) is 0 Å². The van der Waals surface area contributed by atoms with Gasteiger partial charge in [0.25, 0.3) is 0 Å². The van der Waals surface area contributed by atoms with Crippen LogP contribution in [0.2, 0.25) is 0 Å². The van der Waals surface area contributed by atoms with Crippen molar-refractivity contribution in [3.8, 4) is 0 Å². The van der Waals surface area contributed by atoms with Gasteiger partial charge < -0.3 is 50.5 Å². The van der Waals surface area contributed by atoms with E-state index in [1.807, 2.05) is 0 Å². The summed E-state index contributed by atoms with van der Waals surface area (Å²) in [6, 6.07) is -1.17. The number of aliphatic hydroxyl groups is 7. The molecule has 1 amide bonds. The van der Waals surface area contributed by atoms with Crippen molar-refractivity contribution in [1.29, 1.82) is 0 Å². The van der Waals surface area contributed by atoms with Crippen LogP contribution < -0.4 is 5.32 Å². The summed E-state index contributed by atoms with van der Waals surface area (Å²) in [6.07, 6.45) is 56.8.